The van der Waals surface area contributed by atoms with Crippen LogP contribution in [-0.2, 0) is 4.79 Å². The molecule has 0 fully saturated rings. The molecule has 2 N–H and O–H groups in total. The molecule has 0 aliphatic rings. The van der Waals surface area contributed by atoms with Crippen molar-refractivity contribution in [1.29, 1.82) is 0 Å². The molecule has 0 saturated heterocycles. The Morgan fingerprint density at radius 3 is 2.63 bits per heavy atom. The van der Waals surface area contributed by atoms with E-state index in [9.17, 15) is 4.79 Å². The number of nitrogens with zero attached hydrogens (tertiary/aromatic N) is 1. The van der Waals surface area contributed by atoms with Gasteiger partial charge in [-0.15, -0.1) is 0 Å². The predicted molar refractivity (Wildman–Crippen MR) is 150 cm³/mol. The fourth-order valence-corrected chi connectivity index (χ4v) is 3.92. The van der Waals surface area contributed by atoms with Crippen LogP contribution in [0.2, 0.25) is 0 Å². The highest BCUT2D eigenvalue weighted by Gasteiger charge is 2.11. The third-order valence-electron chi connectivity index (χ3n) is 5.24. The fraction of sp³-hybridized carbons (Fsp3) is 0.148. The van der Waals surface area contributed by atoms with Crippen LogP contribution in [0.3, 0.4) is 0 Å². The molecular weight excluding hydrogens is 526 g/mol. The van der Waals surface area contributed by atoms with Gasteiger partial charge in [-0.3, -0.25) is 10.1 Å². The van der Waals surface area contributed by atoms with Gasteiger partial charge < -0.3 is 14.5 Å². The van der Waals surface area contributed by atoms with E-state index in [-0.39, 0.29) is 18.4 Å². The average molecular weight is 552 g/mol. The van der Waals surface area contributed by atoms with E-state index >= 15 is 0 Å². The molecule has 4 rings (SSSR count). The number of carbonyl (C=O) groups excluding carboxylic acids is 1. The minimum absolute atomic E-state index is 0. The summed E-state index contributed by atoms with van der Waals surface area (Å²) in [5.41, 5.74) is 6.12. The molecule has 180 valence electrons. The van der Waals surface area contributed by atoms with Gasteiger partial charge in [-0.2, -0.15) is 0 Å². The number of carbonyl (C=O) groups is 1. The highest BCUT2D eigenvalue weighted by molar-refractivity contribution is 9.10. The lowest BCUT2D eigenvalue weighted by Gasteiger charge is -2.08. The Kier molecular flexibility index (Phi) is 8.43. The number of oxazole rings is 1. The third kappa shape index (κ3) is 6.35. The maximum Gasteiger partial charge on any atom is 0.250 e. The Morgan fingerprint density at radius 1 is 1.09 bits per heavy atom. The summed E-state index contributed by atoms with van der Waals surface area (Å²) in [6.45, 7) is 4.13. The lowest BCUT2D eigenvalue weighted by molar-refractivity contribution is -0.115. The molecule has 1 heterocycles. The Balaban J connectivity index is 0.00000342. The van der Waals surface area contributed by atoms with Crippen LogP contribution in [0.5, 0.6) is 5.75 Å². The molecule has 0 saturated carbocycles. The van der Waals surface area contributed by atoms with Crippen LogP contribution in [-0.4, -0.2) is 23.1 Å². The van der Waals surface area contributed by atoms with Gasteiger partial charge in [-0.1, -0.05) is 29.4 Å². The van der Waals surface area contributed by atoms with E-state index in [1.54, 1.807) is 13.2 Å². The zero-order valence-corrected chi connectivity index (χ0v) is 21.2. The second-order valence-electron chi connectivity index (χ2n) is 7.66. The Labute approximate surface area is 218 Å². The van der Waals surface area contributed by atoms with Crippen molar-refractivity contribution in [2.75, 3.05) is 12.4 Å². The first kappa shape index (κ1) is 26.1. The van der Waals surface area contributed by atoms with Crippen LogP contribution in [0, 0.1) is 13.8 Å². The van der Waals surface area contributed by atoms with Crippen LogP contribution in [0.25, 0.3) is 28.6 Å². The van der Waals surface area contributed by atoms with Crippen molar-refractivity contribution in [2.24, 2.45) is 0 Å². The largest absolute Gasteiger partial charge is 0.496 e. The summed E-state index contributed by atoms with van der Waals surface area (Å²) in [7, 11) is 1.58. The number of rotatable bonds is 5. The van der Waals surface area contributed by atoms with Gasteiger partial charge in [-0.25, -0.2) is 4.98 Å². The number of fused-ring (bicyclic) bond motifs is 1. The van der Waals surface area contributed by atoms with Gasteiger partial charge >= 0.3 is 0 Å². The maximum absolute atomic E-state index is 12.3. The number of hydrogen-bond acceptors (Lipinski definition) is 5. The third-order valence-corrected chi connectivity index (χ3v) is 5.94. The SMILES string of the molecule is C.COc1ccc(Br)cc1/C=C/C(=O)NC(=S)Nc1ccc2oc(-c3ccc(C)c(C)c3)nc2c1. The summed E-state index contributed by atoms with van der Waals surface area (Å²) in [5.74, 6) is 0.854. The van der Waals surface area contributed by atoms with Crippen molar-refractivity contribution in [3.05, 3.63) is 81.8 Å². The highest BCUT2D eigenvalue weighted by Crippen LogP contribution is 2.27. The van der Waals surface area contributed by atoms with Gasteiger partial charge in [0, 0.05) is 27.4 Å². The molecule has 0 spiro atoms. The molecule has 0 radical (unpaired) electrons. The summed E-state index contributed by atoms with van der Waals surface area (Å²) in [6.07, 6.45) is 3.06. The van der Waals surface area contributed by atoms with Gasteiger partial charge in [0.05, 0.1) is 7.11 Å². The van der Waals surface area contributed by atoms with Crippen molar-refractivity contribution in [3.63, 3.8) is 0 Å². The molecule has 3 aromatic carbocycles. The molecular formula is C27H26BrN3O3S. The van der Waals surface area contributed by atoms with Crippen molar-refractivity contribution >= 4 is 62.0 Å². The molecule has 0 bridgehead atoms. The van der Waals surface area contributed by atoms with E-state index in [1.165, 1.54) is 17.2 Å². The van der Waals surface area contributed by atoms with Gasteiger partial charge in [0.25, 0.3) is 0 Å². The van der Waals surface area contributed by atoms with E-state index in [0.717, 1.165) is 15.6 Å². The van der Waals surface area contributed by atoms with Crippen LogP contribution in [0.1, 0.15) is 24.1 Å². The number of methoxy groups -OCH3 is 1. The zero-order valence-electron chi connectivity index (χ0n) is 18.8. The first-order valence-corrected chi connectivity index (χ1v) is 11.6. The number of nitrogens with one attached hydrogen (secondary N) is 2. The minimum atomic E-state index is -0.362. The highest BCUT2D eigenvalue weighted by atomic mass is 79.9. The lowest BCUT2D eigenvalue weighted by Crippen LogP contribution is -2.32. The number of anilines is 1. The molecule has 35 heavy (non-hydrogen) atoms. The Bertz CT molecular complexity index is 1430. The van der Waals surface area contributed by atoms with Crippen molar-refractivity contribution in [3.8, 4) is 17.2 Å². The Hall–Kier alpha value is -3.49. The van der Waals surface area contributed by atoms with E-state index in [4.69, 9.17) is 21.4 Å². The molecule has 0 atom stereocenters. The lowest BCUT2D eigenvalue weighted by atomic mass is 10.1. The summed E-state index contributed by atoms with van der Waals surface area (Å²) in [5, 5.41) is 5.83. The normalized spacial score (nSPS) is 10.7. The van der Waals surface area contributed by atoms with E-state index in [1.807, 2.05) is 42.5 Å². The van der Waals surface area contributed by atoms with Crippen molar-refractivity contribution in [2.45, 2.75) is 21.3 Å². The average Bonchev–Trinajstić information content (AvgIpc) is 3.23. The standard InChI is InChI=1S/C26H22BrN3O3S.CH4/c1-15-4-5-18(12-16(15)2)25-29-21-14-20(8-10-23(21)33-25)28-26(34)30-24(31)11-6-17-13-19(27)7-9-22(17)32-3;/h4-14H,1-3H3,(H2,28,30,31,34);1H4/b11-6+;. The van der Waals surface area contributed by atoms with Gasteiger partial charge in [0.2, 0.25) is 11.8 Å². The number of hydrogen-bond donors (Lipinski definition) is 2. The quantitative estimate of drug-likeness (QED) is 0.204. The molecule has 0 unspecified atom stereocenters. The van der Waals surface area contributed by atoms with Gasteiger partial charge in [0.15, 0.2) is 10.7 Å². The monoisotopic (exact) mass is 551 g/mol. The van der Waals surface area contributed by atoms with E-state index in [0.29, 0.717) is 28.4 Å². The number of amides is 1. The minimum Gasteiger partial charge on any atom is -0.496 e. The Morgan fingerprint density at radius 2 is 1.89 bits per heavy atom. The second-order valence-corrected chi connectivity index (χ2v) is 8.99. The molecule has 4 aromatic rings. The van der Waals surface area contributed by atoms with Crippen LogP contribution < -0.4 is 15.4 Å². The van der Waals surface area contributed by atoms with E-state index < -0.39 is 0 Å². The smallest absolute Gasteiger partial charge is 0.250 e. The molecule has 1 amide bonds. The number of thiocarbonyl (C=S) groups is 1. The topological polar surface area (TPSA) is 76.4 Å². The number of ether oxygens (including phenoxy) is 1. The van der Waals surface area contributed by atoms with Crippen LogP contribution >= 0.6 is 28.1 Å². The van der Waals surface area contributed by atoms with Crippen LogP contribution in [0.4, 0.5) is 5.69 Å². The van der Waals surface area contributed by atoms with Crippen molar-refractivity contribution in [1.82, 2.24) is 10.3 Å². The summed E-state index contributed by atoms with van der Waals surface area (Å²) >= 11 is 8.71. The molecule has 0 aliphatic heterocycles. The summed E-state index contributed by atoms with van der Waals surface area (Å²) < 4.78 is 12.1. The molecule has 1 aromatic heterocycles. The maximum atomic E-state index is 12.3. The van der Waals surface area contributed by atoms with Crippen molar-refractivity contribution < 1.29 is 13.9 Å². The molecule has 0 aliphatic carbocycles. The number of halogens is 1. The zero-order chi connectivity index (χ0) is 24.2. The first-order chi connectivity index (χ1) is 16.3. The van der Waals surface area contributed by atoms with Crippen LogP contribution in [0.15, 0.2) is 69.6 Å². The van der Waals surface area contributed by atoms with Gasteiger partial charge in [0.1, 0.15) is 11.3 Å². The van der Waals surface area contributed by atoms with E-state index in [2.05, 4.69) is 57.5 Å². The fourth-order valence-electron chi connectivity index (χ4n) is 3.32. The van der Waals surface area contributed by atoms with Gasteiger partial charge in [-0.05, 0) is 91.8 Å². The summed E-state index contributed by atoms with van der Waals surface area (Å²) in [6, 6.07) is 17.1. The number of aryl methyl sites for hydroxylation is 2. The number of benzene rings is 3. The molecule has 8 heteroatoms. The first-order valence-electron chi connectivity index (χ1n) is 10.4. The number of aromatic nitrogens is 1. The predicted octanol–water partition coefficient (Wildman–Crippen LogP) is 7.05. The molecule has 6 nitrogen and oxygen atoms in total. The second kappa shape index (κ2) is 11.3. The summed E-state index contributed by atoms with van der Waals surface area (Å²) in [4.78, 5) is 16.9.